The van der Waals surface area contributed by atoms with Crippen LogP contribution in [0.4, 0.5) is 5.69 Å². The van der Waals surface area contributed by atoms with Crippen LogP contribution in [0.25, 0.3) is 0 Å². The summed E-state index contributed by atoms with van der Waals surface area (Å²) >= 11 is 0. The maximum absolute atomic E-state index is 10.9. The van der Waals surface area contributed by atoms with E-state index < -0.39 is 0 Å². The zero-order chi connectivity index (χ0) is 8.81. The van der Waals surface area contributed by atoms with Crippen LogP contribution in [0, 0.1) is 11.3 Å². The second-order valence-electron chi connectivity index (χ2n) is 2.25. The summed E-state index contributed by atoms with van der Waals surface area (Å²) in [5, 5.41) is 10.8. The fourth-order valence-electron chi connectivity index (χ4n) is 0.798. The molecule has 0 saturated heterocycles. The summed E-state index contributed by atoms with van der Waals surface area (Å²) in [5.41, 5.74) is 0.720. The number of carbonyl (C=O) groups excluding carboxylic acids is 1. The Balaban J connectivity index is 0.00000144. The van der Waals surface area contributed by atoms with E-state index in [1.807, 2.05) is 18.2 Å². The molecule has 13 heavy (non-hydrogen) atoms. The van der Waals surface area contributed by atoms with Gasteiger partial charge in [-0.3, -0.25) is 4.79 Å². The molecule has 0 atom stereocenters. The van der Waals surface area contributed by atoms with Gasteiger partial charge in [0, 0.05) is 35.2 Å². The molecule has 1 aromatic carbocycles. The Morgan fingerprint density at radius 2 is 2.00 bits per heavy atom. The zero-order valence-corrected chi connectivity index (χ0v) is 9.45. The van der Waals surface area contributed by atoms with Gasteiger partial charge in [0.05, 0.1) is 6.07 Å². The Hall–Kier alpha value is -0.820. The largest absolute Gasteiger partial charge is 0.325 e. The second kappa shape index (κ2) is 6.67. The van der Waals surface area contributed by atoms with Crippen LogP contribution < -0.4 is 5.32 Å². The molecule has 1 amide bonds. The van der Waals surface area contributed by atoms with Crippen LogP contribution in [-0.4, -0.2) is 35.5 Å². The van der Waals surface area contributed by atoms with Crippen LogP contribution in [0.1, 0.15) is 6.42 Å². The Morgan fingerprint density at radius 3 is 2.54 bits per heavy atom. The summed E-state index contributed by atoms with van der Waals surface area (Å²) in [6.45, 7) is 0. The fraction of sp³-hybridized carbons (Fsp3) is 0.111. The summed E-state index contributed by atoms with van der Waals surface area (Å²) < 4.78 is 0. The minimum atomic E-state index is -0.274. The van der Waals surface area contributed by atoms with Crippen molar-refractivity contribution < 1.29 is 4.79 Å². The molecule has 0 bridgehead atoms. The molecular formula is C9H8N2NaO. The van der Waals surface area contributed by atoms with Crippen LogP contribution in [-0.2, 0) is 4.79 Å². The zero-order valence-electron chi connectivity index (χ0n) is 7.45. The molecule has 1 radical (unpaired) electrons. The van der Waals surface area contributed by atoms with Gasteiger partial charge in [-0.15, -0.1) is 0 Å². The number of benzene rings is 1. The number of hydrogen-bond acceptors (Lipinski definition) is 2. The van der Waals surface area contributed by atoms with E-state index in [9.17, 15) is 4.79 Å². The Kier molecular flexibility index (Phi) is 6.25. The van der Waals surface area contributed by atoms with Gasteiger partial charge in [0.15, 0.2) is 0 Å². The number of nitrogens with one attached hydrogen (secondary N) is 1. The molecule has 0 heterocycles. The first kappa shape index (κ1) is 12.2. The van der Waals surface area contributed by atoms with E-state index >= 15 is 0 Å². The maximum atomic E-state index is 10.9. The van der Waals surface area contributed by atoms with Gasteiger partial charge >= 0.3 is 0 Å². The van der Waals surface area contributed by atoms with Gasteiger partial charge < -0.3 is 5.32 Å². The summed E-state index contributed by atoms with van der Waals surface area (Å²) in [7, 11) is 0. The number of hydrogen-bond donors (Lipinski definition) is 1. The molecule has 0 saturated carbocycles. The number of carbonyl (C=O) groups is 1. The molecule has 0 aromatic heterocycles. The smallest absolute Gasteiger partial charge is 0.238 e. The van der Waals surface area contributed by atoms with E-state index in [0.717, 1.165) is 5.69 Å². The van der Waals surface area contributed by atoms with Crippen molar-refractivity contribution in [3.63, 3.8) is 0 Å². The summed E-state index contributed by atoms with van der Waals surface area (Å²) in [6, 6.07) is 10.8. The molecule has 0 aliphatic heterocycles. The van der Waals surface area contributed by atoms with Gasteiger partial charge in [0.25, 0.3) is 0 Å². The number of nitrogens with zero attached hydrogens (tertiary/aromatic N) is 1. The van der Waals surface area contributed by atoms with Crippen LogP contribution in [0.15, 0.2) is 30.3 Å². The van der Waals surface area contributed by atoms with Gasteiger partial charge in [-0.25, -0.2) is 0 Å². The number of nitriles is 1. The molecule has 1 aromatic rings. The van der Waals surface area contributed by atoms with E-state index in [4.69, 9.17) is 5.26 Å². The van der Waals surface area contributed by atoms with Crippen molar-refractivity contribution >= 4 is 41.2 Å². The third-order valence-electron chi connectivity index (χ3n) is 1.30. The molecule has 61 valence electrons. The van der Waals surface area contributed by atoms with Gasteiger partial charge in [0.1, 0.15) is 6.42 Å². The average Bonchev–Trinajstić information content (AvgIpc) is 2.06. The molecule has 0 fully saturated rings. The normalized spacial score (nSPS) is 7.92. The summed E-state index contributed by atoms with van der Waals surface area (Å²) in [5.74, 6) is -0.274. The van der Waals surface area contributed by atoms with Gasteiger partial charge in [-0.1, -0.05) is 18.2 Å². The van der Waals surface area contributed by atoms with Gasteiger partial charge in [-0.05, 0) is 12.1 Å². The Labute approximate surface area is 99.0 Å². The molecule has 0 unspecified atom stereocenters. The molecule has 1 rings (SSSR count). The van der Waals surface area contributed by atoms with Crippen LogP contribution in [0.2, 0.25) is 0 Å². The van der Waals surface area contributed by atoms with Crippen molar-refractivity contribution in [1.82, 2.24) is 0 Å². The molecule has 3 nitrogen and oxygen atoms in total. The SMILES string of the molecule is N#CCC(=O)Nc1ccccc1.[Na]. The third kappa shape index (κ3) is 4.69. The van der Waals surface area contributed by atoms with Crippen molar-refractivity contribution in [2.45, 2.75) is 6.42 Å². The predicted molar refractivity (Wildman–Crippen MR) is 51.1 cm³/mol. The minimum Gasteiger partial charge on any atom is -0.325 e. The van der Waals surface area contributed by atoms with E-state index in [1.165, 1.54) is 0 Å². The number of para-hydroxylation sites is 1. The molecule has 0 aliphatic carbocycles. The Bertz CT molecular complexity index is 305. The summed E-state index contributed by atoms with van der Waals surface area (Å²) in [4.78, 5) is 10.9. The second-order valence-corrected chi connectivity index (χ2v) is 2.25. The monoisotopic (exact) mass is 183 g/mol. The maximum Gasteiger partial charge on any atom is 0.238 e. The van der Waals surface area contributed by atoms with Gasteiger partial charge in [0.2, 0.25) is 5.91 Å². The molecule has 0 aliphatic rings. The van der Waals surface area contributed by atoms with Crippen molar-refractivity contribution in [3.05, 3.63) is 30.3 Å². The predicted octanol–water partition coefficient (Wildman–Crippen LogP) is 1.16. The first-order valence-corrected chi connectivity index (χ1v) is 3.55. The van der Waals surface area contributed by atoms with E-state index in [1.54, 1.807) is 18.2 Å². The molecule has 0 spiro atoms. The first-order valence-electron chi connectivity index (χ1n) is 3.55. The fourth-order valence-corrected chi connectivity index (χ4v) is 0.798. The number of anilines is 1. The number of rotatable bonds is 2. The van der Waals surface area contributed by atoms with Crippen molar-refractivity contribution in [2.75, 3.05) is 5.32 Å². The average molecular weight is 183 g/mol. The summed E-state index contributed by atoms with van der Waals surface area (Å²) in [6.07, 6.45) is -0.102. The minimum absolute atomic E-state index is 0. The first-order chi connectivity index (χ1) is 5.83. The number of amides is 1. The van der Waals surface area contributed by atoms with Crippen LogP contribution >= 0.6 is 0 Å². The standard InChI is InChI=1S/C9H8N2O.Na/c10-7-6-9(12)11-8-4-2-1-3-5-8;/h1-5H,6H2,(H,11,12);. The quantitative estimate of drug-likeness (QED) is 0.699. The third-order valence-corrected chi connectivity index (χ3v) is 1.30. The van der Waals surface area contributed by atoms with Crippen molar-refractivity contribution in [2.24, 2.45) is 0 Å². The van der Waals surface area contributed by atoms with Gasteiger partial charge in [-0.2, -0.15) is 5.26 Å². The van der Waals surface area contributed by atoms with E-state index in [0.29, 0.717) is 0 Å². The van der Waals surface area contributed by atoms with E-state index in [2.05, 4.69) is 5.32 Å². The Morgan fingerprint density at radius 1 is 1.38 bits per heavy atom. The van der Waals surface area contributed by atoms with Crippen molar-refractivity contribution in [1.29, 1.82) is 5.26 Å². The van der Waals surface area contributed by atoms with Crippen LogP contribution in [0.5, 0.6) is 0 Å². The van der Waals surface area contributed by atoms with Crippen molar-refractivity contribution in [3.8, 4) is 6.07 Å². The molecular weight excluding hydrogens is 175 g/mol. The molecule has 4 heteroatoms. The van der Waals surface area contributed by atoms with Crippen LogP contribution in [0.3, 0.4) is 0 Å². The van der Waals surface area contributed by atoms with E-state index in [-0.39, 0.29) is 41.9 Å². The topological polar surface area (TPSA) is 52.9 Å². The molecule has 1 N–H and O–H groups in total.